The van der Waals surface area contributed by atoms with E-state index in [2.05, 4.69) is 5.32 Å². The summed E-state index contributed by atoms with van der Waals surface area (Å²) >= 11 is 0. The number of benzene rings is 1. The lowest BCUT2D eigenvalue weighted by atomic mass is 10.2. The number of urea groups is 1. The maximum atomic E-state index is 10.4. The summed E-state index contributed by atoms with van der Waals surface area (Å²) in [6.45, 7) is 0. The number of hydrogen-bond donors (Lipinski definition) is 2. The van der Waals surface area contributed by atoms with E-state index in [0.29, 0.717) is 11.3 Å². The number of nitrogens with two attached hydrogens (primary N) is 1. The van der Waals surface area contributed by atoms with E-state index in [-0.39, 0.29) is 0 Å². The summed E-state index contributed by atoms with van der Waals surface area (Å²) in [7, 11) is 0. The van der Waals surface area contributed by atoms with Crippen LogP contribution in [-0.2, 0) is 4.79 Å². The van der Waals surface area contributed by atoms with Crippen molar-refractivity contribution in [3.05, 3.63) is 29.8 Å². The highest BCUT2D eigenvalue weighted by Crippen LogP contribution is 2.06. The van der Waals surface area contributed by atoms with Gasteiger partial charge in [0.2, 0.25) is 6.29 Å². The van der Waals surface area contributed by atoms with Gasteiger partial charge in [-0.25, -0.2) is 4.79 Å². The lowest BCUT2D eigenvalue weighted by Gasteiger charge is -1.99. The lowest BCUT2D eigenvalue weighted by molar-refractivity contribution is 0.259. The van der Waals surface area contributed by atoms with Gasteiger partial charge in [-0.15, -0.1) is 0 Å². The maximum Gasteiger partial charge on any atom is 0.316 e. The van der Waals surface area contributed by atoms with Gasteiger partial charge in [0.1, 0.15) is 0 Å². The lowest BCUT2D eigenvalue weighted by Crippen LogP contribution is -2.19. The standard InChI is InChI=1S/C8H7N2O2/c9-8(12)10-7-3-1-6(5-11)2-4-7/h1-4H,(H3,9,10,12). The summed E-state index contributed by atoms with van der Waals surface area (Å²) in [6.07, 6.45) is 1.71. The first-order valence-electron chi connectivity index (χ1n) is 3.27. The van der Waals surface area contributed by atoms with Crippen molar-refractivity contribution in [1.29, 1.82) is 0 Å². The average molecular weight is 163 g/mol. The Morgan fingerprint density at radius 3 is 2.33 bits per heavy atom. The van der Waals surface area contributed by atoms with Gasteiger partial charge in [-0.1, -0.05) is 0 Å². The number of rotatable bonds is 2. The van der Waals surface area contributed by atoms with Gasteiger partial charge in [0, 0.05) is 11.3 Å². The fraction of sp³-hybridized carbons (Fsp3) is 0. The topological polar surface area (TPSA) is 72.2 Å². The molecule has 1 rings (SSSR count). The highest BCUT2D eigenvalue weighted by molar-refractivity contribution is 5.88. The summed E-state index contributed by atoms with van der Waals surface area (Å²) in [5.74, 6) is 0. The van der Waals surface area contributed by atoms with Crippen molar-refractivity contribution in [2.45, 2.75) is 0 Å². The predicted octanol–water partition coefficient (Wildman–Crippen LogP) is 0.635. The van der Waals surface area contributed by atoms with E-state index in [4.69, 9.17) is 5.73 Å². The summed E-state index contributed by atoms with van der Waals surface area (Å²) in [5.41, 5.74) is 5.86. The van der Waals surface area contributed by atoms with Crippen molar-refractivity contribution >= 4 is 18.0 Å². The number of carbonyl (C=O) groups excluding carboxylic acids is 2. The number of amides is 2. The molecule has 0 spiro atoms. The van der Waals surface area contributed by atoms with Gasteiger partial charge in [-0.05, 0) is 24.3 Å². The molecule has 0 unspecified atom stereocenters. The Kier molecular flexibility index (Phi) is 2.42. The van der Waals surface area contributed by atoms with E-state index in [9.17, 15) is 9.59 Å². The normalized spacial score (nSPS) is 9.00. The van der Waals surface area contributed by atoms with E-state index < -0.39 is 6.03 Å². The number of carbonyl (C=O) groups is 1. The molecule has 1 radical (unpaired) electrons. The smallest absolute Gasteiger partial charge is 0.316 e. The van der Waals surface area contributed by atoms with Crippen LogP contribution < -0.4 is 11.1 Å². The van der Waals surface area contributed by atoms with Crippen LogP contribution in [0.15, 0.2) is 24.3 Å². The van der Waals surface area contributed by atoms with Crippen molar-refractivity contribution < 1.29 is 9.59 Å². The molecule has 0 bridgehead atoms. The van der Waals surface area contributed by atoms with Crippen LogP contribution in [0.25, 0.3) is 0 Å². The van der Waals surface area contributed by atoms with Crippen LogP contribution >= 0.6 is 0 Å². The fourth-order valence-electron chi connectivity index (χ4n) is 0.764. The molecule has 0 aliphatic rings. The summed E-state index contributed by atoms with van der Waals surface area (Å²) < 4.78 is 0. The van der Waals surface area contributed by atoms with Crippen LogP contribution in [0.5, 0.6) is 0 Å². The zero-order valence-electron chi connectivity index (χ0n) is 6.20. The third-order valence-electron chi connectivity index (χ3n) is 1.27. The Morgan fingerprint density at radius 1 is 1.33 bits per heavy atom. The maximum absolute atomic E-state index is 10.4. The largest absolute Gasteiger partial charge is 0.351 e. The third-order valence-corrected chi connectivity index (χ3v) is 1.27. The average Bonchev–Trinajstić information content (AvgIpc) is 2.05. The minimum Gasteiger partial charge on any atom is -0.351 e. The molecule has 3 N–H and O–H groups in total. The van der Waals surface area contributed by atoms with Crippen LogP contribution in [0.3, 0.4) is 0 Å². The molecule has 0 atom stereocenters. The molecule has 4 nitrogen and oxygen atoms in total. The Hall–Kier alpha value is -1.84. The fourth-order valence-corrected chi connectivity index (χ4v) is 0.764. The Balaban J connectivity index is 2.77. The highest BCUT2D eigenvalue weighted by atomic mass is 16.2. The summed E-state index contributed by atoms with van der Waals surface area (Å²) in [6, 6.07) is 5.60. The zero-order valence-corrected chi connectivity index (χ0v) is 6.20. The molecule has 0 saturated heterocycles. The molecule has 1 aromatic rings. The van der Waals surface area contributed by atoms with Crippen LogP contribution in [0, 0.1) is 0 Å². The Bertz CT molecular complexity index is 292. The SMILES string of the molecule is NC(=O)Nc1ccc([C]=O)cc1. The van der Waals surface area contributed by atoms with Crippen molar-refractivity contribution in [1.82, 2.24) is 0 Å². The molecule has 12 heavy (non-hydrogen) atoms. The highest BCUT2D eigenvalue weighted by Gasteiger charge is 1.95. The van der Waals surface area contributed by atoms with Gasteiger partial charge in [-0.3, -0.25) is 4.79 Å². The molecule has 2 amide bonds. The van der Waals surface area contributed by atoms with Crippen molar-refractivity contribution in [3.8, 4) is 0 Å². The molecular weight excluding hydrogens is 156 g/mol. The molecular formula is C8H7N2O2. The molecule has 0 saturated carbocycles. The first-order chi connectivity index (χ1) is 5.72. The number of anilines is 1. The Morgan fingerprint density at radius 2 is 1.92 bits per heavy atom. The minimum absolute atomic E-state index is 0.435. The summed E-state index contributed by atoms with van der Waals surface area (Å²) in [5, 5.41) is 2.37. The summed E-state index contributed by atoms with van der Waals surface area (Å²) in [4.78, 5) is 20.5. The molecule has 1 aromatic carbocycles. The molecule has 0 aromatic heterocycles. The number of hydrogen-bond acceptors (Lipinski definition) is 2. The van der Waals surface area contributed by atoms with E-state index >= 15 is 0 Å². The van der Waals surface area contributed by atoms with Gasteiger partial charge in [0.25, 0.3) is 0 Å². The van der Waals surface area contributed by atoms with E-state index in [0.717, 1.165) is 0 Å². The molecule has 0 heterocycles. The predicted molar refractivity (Wildman–Crippen MR) is 44.4 cm³/mol. The number of primary amides is 1. The van der Waals surface area contributed by atoms with Crippen LogP contribution in [0.4, 0.5) is 10.5 Å². The first-order valence-corrected chi connectivity index (χ1v) is 3.27. The molecule has 0 aliphatic heterocycles. The van der Waals surface area contributed by atoms with Crippen molar-refractivity contribution in [3.63, 3.8) is 0 Å². The van der Waals surface area contributed by atoms with Gasteiger partial charge in [0.15, 0.2) is 0 Å². The molecule has 4 heteroatoms. The van der Waals surface area contributed by atoms with E-state index in [1.54, 1.807) is 18.4 Å². The van der Waals surface area contributed by atoms with Gasteiger partial charge in [0.05, 0.1) is 0 Å². The second-order valence-electron chi connectivity index (χ2n) is 2.17. The van der Waals surface area contributed by atoms with Gasteiger partial charge < -0.3 is 11.1 Å². The minimum atomic E-state index is -0.627. The molecule has 0 fully saturated rings. The zero-order chi connectivity index (χ0) is 8.97. The molecule has 61 valence electrons. The number of nitrogens with one attached hydrogen (secondary N) is 1. The Labute approximate surface area is 69.4 Å². The van der Waals surface area contributed by atoms with E-state index in [1.807, 2.05) is 0 Å². The van der Waals surface area contributed by atoms with Gasteiger partial charge >= 0.3 is 6.03 Å². The van der Waals surface area contributed by atoms with Gasteiger partial charge in [-0.2, -0.15) is 0 Å². The monoisotopic (exact) mass is 163 g/mol. The second kappa shape index (κ2) is 3.52. The van der Waals surface area contributed by atoms with Crippen LogP contribution in [-0.4, -0.2) is 12.3 Å². The quantitative estimate of drug-likeness (QED) is 0.671. The van der Waals surface area contributed by atoms with Crippen LogP contribution in [0.2, 0.25) is 0 Å². The van der Waals surface area contributed by atoms with Crippen molar-refractivity contribution in [2.75, 3.05) is 5.32 Å². The second-order valence-corrected chi connectivity index (χ2v) is 2.17. The first kappa shape index (κ1) is 8.26. The van der Waals surface area contributed by atoms with E-state index in [1.165, 1.54) is 12.1 Å². The van der Waals surface area contributed by atoms with Crippen LogP contribution in [0.1, 0.15) is 5.56 Å². The van der Waals surface area contributed by atoms with Crippen molar-refractivity contribution in [2.24, 2.45) is 5.73 Å². The third kappa shape index (κ3) is 2.09. The molecule has 0 aliphatic carbocycles.